The van der Waals surface area contributed by atoms with Crippen molar-refractivity contribution >= 4 is 35.8 Å². The normalized spacial score (nSPS) is 18.8. The Morgan fingerprint density at radius 1 is 0.500 bits per heavy atom. The summed E-state index contributed by atoms with van der Waals surface area (Å²) in [5.41, 5.74) is 0. The van der Waals surface area contributed by atoms with Crippen LogP contribution in [0.25, 0.3) is 0 Å². The van der Waals surface area contributed by atoms with Crippen molar-refractivity contribution in [1.82, 2.24) is 14.7 Å². The zero-order valence-electron chi connectivity index (χ0n) is 15.4. The van der Waals surface area contributed by atoms with Crippen LogP contribution in [-0.2, 0) is 28.8 Å². The number of aliphatic carboxylic acids is 6. The van der Waals surface area contributed by atoms with Crippen LogP contribution in [-0.4, -0.2) is 119 Å². The van der Waals surface area contributed by atoms with Crippen molar-refractivity contribution in [3.05, 3.63) is 0 Å². The van der Waals surface area contributed by atoms with E-state index in [0.29, 0.717) is 0 Å². The molecule has 168 valence electrons. The third-order valence-corrected chi connectivity index (χ3v) is 4.37. The average molecular weight is 435 g/mol. The van der Waals surface area contributed by atoms with Crippen molar-refractivity contribution in [2.75, 3.05) is 20.0 Å². The van der Waals surface area contributed by atoms with Crippen molar-refractivity contribution in [1.29, 1.82) is 0 Å². The van der Waals surface area contributed by atoms with Gasteiger partial charge in [0.05, 0.1) is 39.3 Å². The summed E-state index contributed by atoms with van der Waals surface area (Å²) in [7, 11) is 0. The molecule has 0 bridgehead atoms. The second-order valence-electron chi connectivity index (χ2n) is 6.55. The van der Waals surface area contributed by atoms with Gasteiger partial charge >= 0.3 is 35.8 Å². The summed E-state index contributed by atoms with van der Waals surface area (Å²) < 4.78 is 0. The SMILES string of the molecule is O=C(O)CC(C(=O)O)N1CN(C(CC(=O)O)C(=O)O)CN(C(CC(=O)O)C(=O)O)C1. The van der Waals surface area contributed by atoms with Gasteiger partial charge in [0.25, 0.3) is 0 Å². The van der Waals surface area contributed by atoms with Crippen LogP contribution in [0.1, 0.15) is 19.3 Å². The molecule has 0 amide bonds. The van der Waals surface area contributed by atoms with Crippen LogP contribution in [0.2, 0.25) is 0 Å². The van der Waals surface area contributed by atoms with E-state index in [4.69, 9.17) is 15.3 Å². The average Bonchev–Trinajstić information content (AvgIpc) is 2.60. The molecule has 15 nitrogen and oxygen atoms in total. The smallest absolute Gasteiger partial charge is 0.321 e. The van der Waals surface area contributed by atoms with Gasteiger partial charge in [-0.1, -0.05) is 0 Å². The van der Waals surface area contributed by atoms with Gasteiger partial charge in [-0.05, 0) is 0 Å². The van der Waals surface area contributed by atoms with Crippen molar-refractivity contribution in [2.24, 2.45) is 0 Å². The maximum Gasteiger partial charge on any atom is 0.321 e. The van der Waals surface area contributed by atoms with E-state index in [0.717, 1.165) is 14.7 Å². The van der Waals surface area contributed by atoms with Crippen molar-refractivity contribution in [2.45, 2.75) is 37.4 Å². The third kappa shape index (κ3) is 6.94. The molecule has 0 aromatic carbocycles. The second kappa shape index (κ2) is 10.5. The monoisotopic (exact) mass is 435 g/mol. The fourth-order valence-corrected chi connectivity index (χ4v) is 3.04. The molecule has 1 fully saturated rings. The summed E-state index contributed by atoms with van der Waals surface area (Å²) >= 11 is 0. The Labute approximate surface area is 168 Å². The molecule has 3 atom stereocenters. The van der Waals surface area contributed by atoms with Crippen LogP contribution >= 0.6 is 0 Å². The van der Waals surface area contributed by atoms with Crippen LogP contribution < -0.4 is 0 Å². The lowest BCUT2D eigenvalue weighted by atomic mass is 10.1. The number of carboxylic acids is 6. The van der Waals surface area contributed by atoms with Gasteiger partial charge in [-0.15, -0.1) is 0 Å². The van der Waals surface area contributed by atoms with Crippen LogP contribution in [0.5, 0.6) is 0 Å². The summed E-state index contributed by atoms with van der Waals surface area (Å²) in [6, 6.07) is -5.11. The molecule has 0 radical (unpaired) electrons. The highest BCUT2D eigenvalue weighted by Crippen LogP contribution is 2.21. The Kier molecular flexibility index (Phi) is 8.63. The third-order valence-electron chi connectivity index (χ3n) is 4.37. The summed E-state index contributed by atoms with van der Waals surface area (Å²) in [4.78, 5) is 70.6. The van der Waals surface area contributed by atoms with Crippen molar-refractivity contribution in [3.63, 3.8) is 0 Å². The standard InChI is InChI=1S/C15H21N3O12/c19-10(20)1-7(13(25)26)16-4-17(8(14(27)28)2-11(21)22)6-18(5-16)9(15(29)30)3-12(23)24/h7-9H,1-6H2,(H,19,20)(H,21,22)(H,23,24)(H,25,26)(H,27,28)(H,29,30). The number of hydrogen-bond donors (Lipinski definition) is 6. The molecule has 1 rings (SSSR count). The first-order valence-electron chi connectivity index (χ1n) is 8.39. The van der Waals surface area contributed by atoms with Crippen molar-refractivity contribution in [3.8, 4) is 0 Å². The highest BCUT2D eigenvalue weighted by Gasteiger charge is 2.42. The molecule has 1 aliphatic heterocycles. The van der Waals surface area contributed by atoms with Gasteiger partial charge in [-0.2, -0.15) is 0 Å². The number of hydrogen-bond acceptors (Lipinski definition) is 9. The summed E-state index contributed by atoms with van der Waals surface area (Å²) in [6.45, 7) is -1.49. The van der Waals surface area contributed by atoms with Gasteiger partial charge in [-0.25, -0.2) is 0 Å². The molecule has 30 heavy (non-hydrogen) atoms. The first-order valence-corrected chi connectivity index (χ1v) is 8.39. The quantitative estimate of drug-likeness (QED) is 0.187. The van der Waals surface area contributed by atoms with E-state index in [1.54, 1.807) is 0 Å². The second-order valence-corrected chi connectivity index (χ2v) is 6.55. The molecule has 1 heterocycles. The Morgan fingerprint density at radius 2 is 0.700 bits per heavy atom. The molecule has 0 saturated carbocycles. The van der Waals surface area contributed by atoms with Gasteiger partial charge in [0.1, 0.15) is 18.1 Å². The highest BCUT2D eigenvalue weighted by molar-refractivity contribution is 5.82. The molecule has 3 unspecified atom stereocenters. The molecule has 0 aromatic heterocycles. The summed E-state index contributed by atoms with van der Waals surface area (Å²) in [5, 5.41) is 55.0. The fourth-order valence-electron chi connectivity index (χ4n) is 3.04. The molecule has 15 heteroatoms. The van der Waals surface area contributed by atoms with Gasteiger partial charge in [-0.3, -0.25) is 43.5 Å². The largest absolute Gasteiger partial charge is 0.481 e. The fraction of sp³-hybridized carbons (Fsp3) is 0.600. The Balaban J connectivity index is 3.34. The van der Waals surface area contributed by atoms with E-state index in [-0.39, 0.29) is 0 Å². The lowest BCUT2D eigenvalue weighted by molar-refractivity contribution is -0.170. The van der Waals surface area contributed by atoms with Crippen LogP contribution in [0.4, 0.5) is 0 Å². The van der Waals surface area contributed by atoms with Crippen LogP contribution in [0.15, 0.2) is 0 Å². The lowest BCUT2D eigenvalue weighted by Gasteiger charge is -2.47. The van der Waals surface area contributed by atoms with E-state index >= 15 is 0 Å². The number of rotatable bonds is 12. The Hall–Kier alpha value is -3.30. The molecule has 0 spiro atoms. The maximum absolute atomic E-state index is 11.5. The number of nitrogens with zero attached hydrogens (tertiary/aromatic N) is 3. The number of carbonyl (C=O) groups is 6. The van der Waals surface area contributed by atoms with Gasteiger partial charge in [0, 0.05) is 0 Å². The molecule has 0 aromatic rings. The molecule has 1 aliphatic rings. The highest BCUT2D eigenvalue weighted by atomic mass is 16.4. The summed E-state index contributed by atoms with van der Waals surface area (Å²) in [6.07, 6.45) is -2.74. The predicted octanol–water partition coefficient (Wildman–Crippen LogP) is -2.44. The molecule has 0 aliphatic carbocycles. The minimum Gasteiger partial charge on any atom is -0.481 e. The molecular formula is C15H21N3O12. The van der Waals surface area contributed by atoms with Gasteiger partial charge in [0.2, 0.25) is 0 Å². The first-order chi connectivity index (χ1) is 13.8. The van der Waals surface area contributed by atoms with Gasteiger partial charge < -0.3 is 30.6 Å². The van der Waals surface area contributed by atoms with Crippen molar-refractivity contribution < 1.29 is 59.4 Å². The van der Waals surface area contributed by atoms with E-state index in [9.17, 15) is 44.1 Å². The number of carboxylic acid groups (broad SMARTS) is 6. The molecule has 1 saturated heterocycles. The Bertz CT molecular complexity index is 625. The lowest BCUT2D eigenvalue weighted by Crippen LogP contribution is -2.65. The zero-order valence-corrected chi connectivity index (χ0v) is 15.4. The topological polar surface area (TPSA) is 234 Å². The zero-order chi connectivity index (χ0) is 23.2. The van der Waals surface area contributed by atoms with E-state index in [1.165, 1.54) is 0 Å². The Morgan fingerprint density at radius 3 is 0.833 bits per heavy atom. The van der Waals surface area contributed by atoms with Crippen LogP contribution in [0.3, 0.4) is 0 Å². The van der Waals surface area contributed by atoms with Crippen LogP contribution in [0, 0.1) is 0 Å². The van der Waals surface area contributed by atoms with Gasteiger partial charge in [0.15, 0.2) is 0 Å². The van der Waals surface area contributed by atoms with E-state index in [2.05, 4.69) is 0 Å². The van der Waals surface area contributed by atoms with E-state index < -0.39 is 93.2 Å². The molecular weight excluding hydrogens is 414 g/mol. The first kappa shape index (κ1) is 24.7. The predicted molar refractivity (Wildman–Crippen MR) is 91.1 cm³/mol. The molecule has 6 N–H and O–H groups in total. The minimum absolute atomic E-state index is 0.496. The van der Waals surface area contributed by atoms with E-state index in [1.807, 2.05) is 0 Å². The summed E-state index contributed by atoms with van der Waals surface area (Å²) in [5.74, 6) is -9.25. The maximum atomic E-state index is 11.5. The minimum atomic E-state index is -1.70.